The van der Waals surface area contributed by atoms with Gasteiger partial charge in [0.25, 0.3) is 11.8 Å². The van der Waals surface area contributed by atoms with Crippen LogP contribution in [0.1, 0.15) is 33.4 Å². The highest BCUT2D eigenvalue weighted by molar-refractivity contribution is 6.26. The molecule has 0 radical (unpaired) electrons. The number of carbonyl (C=O) groups excluding carboxylic acids is 2. The molecule has 0 atom stereocenters. The molecule has 0 saturated carbocycles. The van der Waals surface area contributed by atoms with Crippen LogP contribution in [-0.2, 0) is 9.59 Å². The van der Waals surface area contributed by atoms with Crippen LogP contribution in [0.25, 0.3) is 0 Å². The molecule has 8 rings (SSSR count). The van der Waals surface area contributed by atoms with Crippen LogP contribution < -0.4 is 9.80 Å². The third kappa shape index (κ3) is 5.97. The predicted molar refractivity (Wildman–Crippen MR) is 208 cm³/mol. The van der Waals surface area contributed by atoms with E-state index in [0.29, 0.717) is 34.2 Å². The molecule has 0 bridgehead atoms. The minimum Gasteiger partial charge on any atom is -0.271 e. The molecule has 0 unspecified atom stereocenters. The van der Waals surface area contributed by atoms with Gasteiger partial charge in [0.2, 0.25) is 0 Å². The fraction of sp³-hybridized carbons (Fsp3) is 0.0435. The molecule has 250 valence electrons. The van der Waals surface area contributed by atoms with E-state index >= 15 is 9.59 Å². The first-order valence-electron chi connectivity index (χ1n) is 17.2. The van der Waals surface area contributed by atoms with Gasteiger partial charge in [-0.3, -0.25) is 19.4 Å². The van der Waals surface area contributed by atoms with Crippen molar-refractivity contribution in [1.82, 2.24) is 0 Å². The summed E-state index contributed by atoms with van der Waals surface area (Å²) in [5, 5.41) is 0. The van der Waals surface area contributed by atoms with Gasteiger partial charge >= 0.3 is 0 Å². The van der Waals surface area contributed by atoms with Crippen LogP contribution in [0.5, 0.6) is 0 Å². The van der Waals surface area contributed by atoms with E-state index in [4.69, 9.17) is 9.98 Å². The molecule has 6 aromatic carbocycles. The Morgan fingerprint density at radius 1 is 0.385 bits per heavy atom. The second-order valence-corrected chi connectivity index (χ2v) is 12.7. The number of anilines is 2. The lowest BCUT2D eigenvalue weighted by Gasteiger charge is -2.19. The first-order chi connectivity index (χ1) is 25.5. The number of aryl methyl sites for hydroxylation is 2. The number of fused-ring (bicyclic) bond motifs is 1. The smallest absolute Gasteiger partial charge is 0.271 e. The fourth-order valence-electron chi connectivity index (χ4n) is 6.55. The summed E-state index contributed by atoms with van der Waals surface area (Å²) in [6, 6.07) is 54.6. The molecule has 0 N–H and O–H groups in total. The Kier molecular flexibility index (Phi) is 8.55. The zero-order valence-electron chi connectivity index (χ0n) is 28.8. The van der Waals surface area contributed by atoms with Crippen LogP contribution in [-0.4, -0.2) is 23.2 Å². The Morgan fingerprint density at radius 3 is 0.923 bits per heavy atom. The molecule has 0 saturated heterocycles. The third-order valence-electron chi connectivity index (χ3n) is 9.15. The number of benzene rings is 6. The average molecular weight is 675 g/mol. The van der Waals surface area contributed by atoms with E-state index in [2.05, 4.69) is 0 Å². The van der Waals surface area contributed by atoms with Gasteiger partial charge in [-0.05, 0) is 38.1 Å². The van der Waals surface area contributed by atoms with E-state index in [1.165, 1.54) is 0 Å². The molecule has 6 aromatic rings. The van der Waals surface area contributed by atoms with E-state index < -0.39 is 0 Å². The zero-order valence-corrected chi connectivity index (χ0v) is 28.8. The lowest BCUT2D eigenvalue weighted by atomic mass is 10.0. The second-order valence-electron chi connectivity index (χ2n) is 12.7. The fourth-order valence-corrected chi connectivity index (χ4v) is 6.55. The minimum absolute atomic E-state index is 0.151. The van der Waals surface area contributed by atoms with E-state index in [-0.39, 0.29) is 23.2 Å². The molecule has 2 heterocycles. The van der Waals surface area contributed by atoms with Gasteiger partial charge in [0.1, 0.15) is 11.4 Å². The second kappa shape index (κ2) is 13.8. The van der Waals surface area contributed by atoms with E-state index in [0.717, 1.165) is 33.4 Å². The molecule has 52 heavy (non-hydrogen) atoms. The quantitative estimate of drug-likeness (QED) is 0.151. The van der Waals surface area contributed by atoms with Crippen molar-refractivity contribution in [2.45, 2.75) is 13.8 Å². The number of hydrogen-bond donors (Lipinski definition) is 0. The maximum Gasteiger partial charge on any atom is 0.283 e. The summed E-state index contributed by atoms with van der Waals surface area (Å²) in [7, 11) is 0. The normalized spacial score (nSPS) is 13.8. The van der Waals surface area contributed by atoms with Crippen LogP contribution in [0.2, 0.25) is 0 Å². The van der Waals surface area contributed by atoms with Crippen molar-refractivity contribution >= 4 is 34.6 Å². The van der Waals surface area contributed by atoms with E-state index in [1.807, 2.05) is 184 Å². The number of hydrogen-bond acceptors (Lipinski definition) is 4. The van der Waals surface area contributed by atoms with Crippen LogP contribution in [0.3, 0.4) is 0 Å². The van der Waals surface area contributed by atoms with Gasteiger partial charge in [-0.15, -0.1) is 0 Å². The SMILES string of the molecule is Cc1ccc(N2C(=O)C(N=C(c3ccccc3)c3ccccc3)=C3C2=C(N=C(c2ccccc2)c2ccccc2)C(=O)N3c2ccc(C)cc2)cc1. The topological polar surface area (TPSA) is 65.3 Å². The number of aliphatic imine (C=N–C) groups is 2. The molecular formula is C46H34N4O2. The number of rotatable bonds is 8. The molecule has 0 spiro atoms. The van der Waals surface area contributed by atoms with Crippen molar-refractivity contribution in [1.29, 1.82) is 0 Å². The largest absolute Gasteiger partial charge is 0.283 e. The highest BCUT2D eigenvalue weighted by Crippen LogP contribution is 2.46. The summed E-state index contributed by atoms with van der Waals surface area (Å²) in [6.07, 6.45) is 0. The maximum absolute atomic E-state index is 15.1. The van der Waals surface area contributed by atoms with Crippen molar-refractivity contribution in [3.63, 3.8) is 0 Å². The van der Waals surface area contributed by atoms with Crippen molar-refractivity contribution in [2.75, 3.05) is 9.80 Å². The molecule has 0 aromatic heterocycles. The first-order valence-corrected chi connectivity index (χ1v) is 17.2. The zero-order chi connectivity index (χ0) is 35.6. The van der Waals surface area contributed by atoms with Crippen molar-refractivity contribution in [3.05, 3.63) is 226 Å². The standard InChI is InChI=1S/C46H34N4O2/c1-31-23-27-37(28-24-31)49-43-41(47-39(33-15-7-3-8-16-33)34-17-9-4-10-18-34)46(52)50(38-29-25-32(2)26-30-38)44(43)42(45(49)51)48-40(35-19-11-5-12-20-35)36-21-13-6-14-22-36/h3-30H,1-2H3. The summed E-state index contributed by atoms with van der Waals surface area (Å²) in [6.45, 7) is 4.00. The highest BCUT2D eigenvalue weighted by atomic mass is 16.2. The van der Waals surface area contributed by atoms with Crippen LogP contribution in [0.4, 0.5) is 11.4 Å². The predicted octanol–water partition coefficient (Wildman–Crippen LogP) is 9.20. The van der Waals surface area contributed by atoms with Crippen molar-refractivity contribution in [3.8, 4) is 0 Å². The molecule has 0 aliphatic carbocycles. The molecule has 0 fully saturated rings. The summed E-state index contributed by atoms with van der Waals surface area (Å²) in [5.74, 6) is -0.701. The van der Waals surface area contributed by atoms with Crippen LogP contribution >= 0.6 is 0 Å². The molecule has 2 amide bonds. The Bertz CT molecular complexity index is 2160. The Hall–Kier alpha value is -6.92. The van der Waals surface area contributed by atoms with Crippen LogP contribution in [0.15, 0.2) is 203 Å². The van der Waals surface area contributed by atoms with E-state index in [9.17, 15) is 0 Å². The van der Waals surface area contributed by atoms with Crippen LogP contribution in [0, 0.1) is 13.8 Å². The maximum atomic E-state index is 15.1. The van der Waals surface area contributed by atoms with E-state index in [1.54, 1.807) is 9.80 Å². The number of carbonyl (C=O) groups is 2. The number of nitrogens with zero attached hydrogens (tertiary/aromatic N) is 4. The van der Waals surface area contributed by atoms with Gasteiger partial charge in [0.05, 0.1) is 11.4 Å². The molecule has 6 nitrogen and oxygen atoms in total. The molecular weight excluding hydrogens is 641 g/mol. The molecule has 6 heteroatoms. The van der Waals surface area contributed by atoms with Crippen molar-refractivity contribution in [2.24, 2.45) is 9.98 Å². The lowest BCUT2D eigenvalue weighted by molar-refractivity contribution is -0.114. The lowest BCUT2D eigenvalue weighted by Crippen LogP contribution is -2.28. The Morgan fingerprint density at radius 2 is 0.654 bits per heavy atom. The summed E-state index contributed by atoms with van der Waals surface area (Å²) >= 11 is 0. The van der Waals surface area contributed by atoms with Gasteiger partial charge in [-0.25, -0.2) is 9.98 Å². The number of amides is 2. The third-order valence-corrected chi connectivity index (χ3v) is 9.15. The Labute approximate surface area is 303 Å². The van der Waals surface area contributed by atoms with Gasteiger partial charge in [-0.1, -0.05) is 157 Å². The average Bonchev–Trinajstić information content (AvgIpc) is 3.62. The van der Waals surface area contributed by atoms with Gasteiger partial charge in [0.15, 0.2) is 11.4 Å². The molecule has 2 aliphatic heterocycles. The molecule has 2 aliphatic rings. The Balaban J connectivity index is 1.47. The van der Waals surface area contributed by atoms with Crippen molar-refractivity contribution < 1.29 is 9.59 Å². The summed E-state index contributed by atoms with van der Waals surface area (Å²) in [5.41, 5.74) is 9.00. The van der Waals surface area contributed by atoms with Gasteiger partial charge in [-0.2, -0.15) is 0 Å². The highest BCUT2D eigenvalue weighted by Gasteiger charge is 2.50. The summed E-state index contributed by atoms with van der Waals surface area (Å²) < 4.78 is 0. The monoisotopic (exact) mass is 674 g/mol. The van der Waals surface area contributed by atoms with Gasteiger partial charge in [0, 0.05) is 33.6 Å². The minimum atomic E-state index is -0.350. The summed E-state index contributed by atoms with van der Waals surface area (Å²) in [4.78, 5) is 43.7. The van der Waals surface area contributed by atoms with Gasteiger partial charge < -0.3 is 0 Å². The first kappa shape index (κ1) is 32.3.